The largest absolute Gasteiger partial charge is 0.384 e. The molecular formula is C19H29N3O5S. The van der Waals surface area contributed by atoms with Gasteiger partial charge in [-0.25, -0.2) is 8.42 Å². The first-order valence-electron chi connectivity index (χ1n) is 9.47. The SMILES string of the molecule is CCCNC(=O)CN1CCN(C(=O)c2ccc(S(=O)(=O)CCOC)cc2)CC1. The fourth-order valence-electron chi connectivity index (χ4n) is 2.93. The topological polar surface area (TPSA) is 96.0 Å². The molecule has 8 nitrogen and oxygen atoms in total. The van der Waals surface area contributed by atoms with Crippen LogP contribution in [0.3, 0.4) is 0 Å². The van der Waals surface area contributed by atoms with Crippen LogP contribution in [0.25, 0.3) is 0 Å². The third-order valence-corrected chi connectivity index (χ3v) is 6.31. The van der Waals surface area contributed by atoms with E-state index in [0.29, 0.717) is 44.8 Å². The number of nitrogens with one attached hydrogen (secondary N) is 1. The Morgan fingerprint density at radius 2 is 1.75 bits per heavy atom. The summed E-state index contributed by atoms with van der Waals surface area (Å²) < 4.78 is 29.1. The van der Waals surface area contributed by atoms with Gasteiger partial charge in [0.15, 0.2) is 9.84 Å². The molecule has 28 heavy (non-hydrogen) atoms. The Labute approximate surface area is 166 Å². The van der Waals surface area contributed by atoms with E-state index in [1.165, 1.54) is 19.2 Å². The van der Waals surface area contributed by atoms with E-state index in [0.717, 1.165) is 6.42 Å². The summed E-state index contributed by atoms with van der Waals surface area (Å²) in [6.45, 7) is 5.49. The lowest BCUT2D eigenvalue weighted by molar-refractivity contribution is -0.122. The Hall–Kier alpha value is -1.97. The predicted molar refractivity (Wildman–Crippen MR) is 106 cm³/mol. The van der Waals surface area contributed by atoms with E-state index in [1.54, 1.807) is 17.0 Å². The molecule has 1 saturated heterocycles. The highest BCUT2D eigenvalue weighted by atomic mass is 32.2. The summed E-state index contributed by atoms with van der Waals surface area (Å²) in [7, 11) is -1.96. The van der Waals surface area contributed by atoms with Crippen LogP contribution in [0.2, 0.25) is 0 Å². The van der Waals surface area contributed by atoms with E-state index in [2.05, 4.69) is 5.32 Å². The van der Waals surface area contributed by atoms with Crippen LogP contribution in [0.15, 0.2) is 29.2 Å². The number of benzene rings is 1. The number of piperazine rings is 1. The van der Waals surface area contributed by atoms with Gasteiger partial charge < -0.3 is 15.0 Å². The first-order valence-corrected chi connectivity index (χ1v) is 11.1. The van der Waals surface area contributed by atoms with E-state index in [9.17, 15) is 18.0 Å². The quantitative estimate of drug-likeness (QED) is 0.632. The molecule has 0 aliphatic carbocycles. The van der Waals surface area contributed by atoms with Crippen LogP contribution >= 0.6 is 0 Å². The van der Waals surface area contributed by atoms with Gasteiger partial charge in [-0.1, -0.05) is 6.92 Å². The monoisotopic (exact) mass is 411 g/mol. The van der Waals surface area contributed by atoms with Gasteiger partial charge in [-0.05, 0) is 30.7 Å². The third-order valence-electron chi connectivity index (χ3n) is 4.62. The maximum absolute atomic E-state index is 12.7. The summed E-state index contributed by atoms with van der Waals surface area (Å²) >= 11 is 0. The van der Waals surface area contributed by atoms with Crippen molar-refractivity contribution in [3.8, 4) is 0 Å². The van der Waals surface area contributed by atoms with Gasteiger partial charge in [0.25, 0.3) is 5.91 Å². The summed E-state index contributed by atoms with van der Waals surface area (Å²) in [6.07, 6.45) is 0.903. The van der Waals surface area contributed by atoms with Crippen molar-refractivity contribution in [3.05, 3.63) is 29.8 Å². The van der Waals surface area contributed by atoms with Crippen molar-refractivity contribution in [1.29, 1.82) is 0 Å². The van der Waals surface area contributed by atoms with Crippen molar-refractivity contribution < 1.29 is 22.7 Å². The summed E-state index contributed by atoms with van der Waals surface area (Å²) in [5.41, 5.74) is 0.458. The smallest absolute Gasteiger partial charge is 0.253 e. The van der Waals surface area contributed by atoms with Gasteiger partial charge in [0.05, 0.1) is 23.8 Å². The number of methoxy groups -OCH3 is 1. The molecule has 1 aromatic carbocycles. The van der Waals surface area contributed by atoms with Crippen LogP contribution < -0.4 is 5.32 Å². The zero-order chi connectivity index (χ0) is 20.6. The number of nitrogens with zero attached hydrogens (tertiary/aromatic N) is 2. The molecule has 0 radical (unpaired) electrons. The number of carbonyl (C=O) groups excluding carboxylic acids is 2. The molecule has 9 heteroatoms. The zero-order valence-corrected chi connectivity index (χ0v) is 17.3. The number of carbonyl (C=O) groups is 2. The van der Waals surface area contributed by atoms with Gasteiger partial charge in [0.1, 0.15) is 0 Å². The van der Waals surface area contributed by atoms with Crippen molar-refractivity contribution in [2.24, 2.45) is 0 Å². The number of rotatable bonds is 9. The Kier molecular flexibility index (Phi) is 8.40. The molecular weight excluding hydrogens is 382 g/mol. The Bertz CT molecular complexity index is 756. The van der Waals surface area contributed by atoms with Gasteiger partial charge in [-0.2, -0.15) is 0 Å². The number of hydrogen-bond acceptors (Lipinski definition) is 6. The molecule has 0 spiro atoms. The van der Waals surface area contributed by atoms with Crippen molar-refractivity contribution in [3.63, 3.8) is 0 Å². The van der Waals surface area contributed by atoms with Crippen LogP contribution in [-0.2, 0) is 19.4 Å². The molecule has 1 N–H and O–H groups in total. The van der Waals surface area contributed by atoms with Gasteiger partial charge in [0, 0.05) is 45.4 Å². The lowest BCUT2D eigenvalue weighted by Crippen LogP contribution is -2.51. The minimum absolute atomic E-state index is 0.00639. The summed E-state index contributed by atoms with van der Waals surface area (Å²) in [4.78, 5) is 28.4. The van der Waals surface area contributed by atoms with E-state index in [1.807, 2.05) is 11.8 Å². The number of sulfone groups is 1. The number of amides is 2. The maximum Gasteiger partial charge on any atom is 0.253 e. The summed E-state index contributed by atoms with van der Waals surface area (Å²) in [5.74, 6) is -0.215. The van der Waals surface area contributed by atoms with E-state index in [4.69, 9.17) is 4.74 Å². The number of ether oxygens (including phenoxy) is 1. The average molecular weight is 412 g/mol. The van der Waals surface area contributed by atoms with Crippen molar-refractivity contribution in [1.82, 2.24) is 15.1 Å². The lowest BCUT2D eigenvalue weighted by atomic mass is 10.2. The molecule has 1 fully saturated rings. The second kappa shape index (κ2) is 10.5. The minimum Gasteiger partial charge on any atom is -0.384 e. The minimum atomic E-state index is -3.41. The highest BCUT2D eigenvalue weighted by molar-refractivity contribution is 7.91. The van der Waals surface area contributed by atoms with Crippen molar-refractivity contribution in [2.75, 3.05) is 58.7 Å². The average Bonchev–Trinajstić information content (AvgIpc) is 2.71. The molecule has 0 aromatic heterocycles. The normalized spacial score (nSPS) is 15.4. The molecule has 2 rings (SSSR count). The number of hydrogen-bond donors (Lipinski definition) is 1. The summed E-state index contributed by atoms with van der Waals surface area (Å²) in [6, 6.07) is 6.03. The van der Waals surface area contributed by atoms with Crippen molar-refractivity contribution in [2.45, 2.75) is 18.2 Å². The Morgan fingerprint density at radius 1 is 1.11 bits per heavy atom. The molecule has 1 aromatic rings. The molecule has 1 heterocycles. The second-order valence-corrected chi connectivity index (χ2v) is 8.86. The lowest BCUT2D eigenvalue weighted by Gasteiger charge is -2.34. The molecule has 156 valence electrons. The van der Waals surface area contributed by atoms with Crippen LogP contribution in [0, 0.1) is 0 Å². The zero-order valence-electron chi connectivity index (χ0n) is 16.5. The van der Waals surface area contributed by atoms with Gasteiger partial charge in [-0.3, -0.25) is 14.5 Å². The maximum atomic E-state index is 12.7. The van der Waals surface area contributed by atoms with Crippen LogP contribution in [0.4, 0.5) is 0 Å². The first-order chi connectivity index (χ1) is 13.4. The van der Waals surface area contributed by atoms with Gasteiger partial charge in [0.2, 0.25) is 5.91 Å². The summed E-state index contributed by atoms with van der Waals surface area (Å²) in [5, 5.41) is 2.85. The fourth-order valence-corrected chi connectivity index (χ4v) is 4.10. The highest BCUT2D eigenvalue weighted by Crippen LogP contribution is 2.15. The van der Waals surface area contributed by atoms with Crippen LogP contribution in [0.5, 0.6) is 0 Å². The molecule has 0 atom stereocenters. The predicted octanol–water partition coefficient (Wildman–Crippen LogP) is 0.391. The first kappa shape index (κ1) is 22.3. The van der Waals surface area contributed by atoms with Crippen molar-refractivity contribution >= 4 is 21.7 Å². The second-order valence-electron chi connectivity index (χ2n) is 6.75. The van der Waals surface area contributed by atoms with E-state index < -0.39 is 9.84 Å². The highest BCUT2D eigenvalue weighted by Gasteiger charge is 2.23. The van der Waals surface area contributed by atoms with E-state index in [-0.39, 0.29) is 29.1 Å². The van der Waals surface area contributed by atoms with Gasteiger partial charge in [-0.15, -0.1) is 0 Å². The molecule has 1 aliphatic rings. The molecule has 0 saturated carbocycles. The fraction of sp³-hybridized carbons (Fsp3) is 0.579. The Morgan fingerprint density at radius 3 is 2.32 bits per heavy atom. The van der Waals surface area contributed by atoms with Gasteiger partial charge >= 0.3 is 0 Å². The van der Waals surface area contributed by atoms with Crippen LogP contribution in [0.1, 0.15) is 23.7 Å². The molecule has 2 amide bonds. The molecule has 0 bridgehead atoms. The molecule has 1 aliphatic heterocycles. The standard InChI is InChI=1S/C19H29N3O5S/c1-3-8-20-18(23)15-21-9-11-22(12-10-21)19(24)16-4-6-17(7-5-16)28(25,26)14-13-27-2/h4-7H,3,8-15H2,1-2H3,(H,20,23). The molecule has 0 unspecified atom stereocenters. The Balaban J connectivity index is 1.89. The van der Waals surface area contributed by atoms with Crippen LogP contribution in [-0.4, -0.2) is 88.8 Å². The van der Waals surface area contributed by atoms with E-state index >= 15 is 0 Å². The third kappa shape index (κ3) is 6.29.